The summed E-state index contributed by atoms with van der Waals surface area (Å²) < 4.78 is 6.10. The highest BCUT2D eigenvalue weighted by Gasteiger charge is 2.35. The van der Waals surface area contributed by atoms with E-state index in [2.05, 4.69) is 25.7 Å². The van der Waals surface area contributed by atoms with Crippen LogP contribution in [0.3, 0.4) is 0 Å². The Balaban J connectivity index is 1.71. The molecule has 2 fully saturated rings. The average Bonchev–Trinajstić information content (AvgIpc) is 3.15. The molecule has 2 aliphatic carbocycles. The van der Waals surface area contributed by atoms with Crippen LogP contribution in [-0.2, 0) is 4.74 Å². The van der Waals surface area contributed by atoms with E-state index in [-0.39, 0.29) is 12.2 Å². The molecular weight excluding hydrogens is 324 g/mol. The number of amides is 1. The lowest BCUT2D eigenvalue weighted by Gasteiger charge is -2.38. The maximum absolute atomic E-state index is 13.0. The zero-order valence-corrected chi connectivity index (χ0v) is 17.3. The van der Waals surface area contributed by atoms with E-state index in [1.165, 1.54) is 49.9 Å². The molecule has 3 aliphatic rings. The van der Waals surface area contributed by atoms with Gasteiger partial charge in [-0.05, 0) is 69.1 Å². The van der Waals surface area contributed by atoms with E-state index in [4.69, 9.17) is 4.74 Å². The van der Waals surface area contributed by atoms with Crippen LogP contribution in [0.4, 0.5) is 4.79 Å². The van der Waals surface area contributed by atoms with Crippen molar-refractivity contribution in [3.05, 3.63) is 11.4 Å². The minimum absolute atomic E-state index is 0.0770. The van der Waals surface area contributed by atoms with E-state index in [0.29, 0.717) is 17.8 Å². The summed E-state index contributed by atoms with van der Waals surface area (Å²) in [5.41, 5.74) is 2.62. The lowest BCUT2D eigenvalue weighted by Crippen LogP contribution is -2.40. The number of hydrogen-bond acceptors (Lipinski definition) is 3. The summed E-state index contributed by atoms with van der Waals surface area (Å²) in [4.78, 5) is 17.3. The minimum Gasteiger partial charge on any atom is -0.446 e. The van der Waals surface area contributed by atoms with Crippen LogP contribution >= 0.6 is 0 Å². The molecule has 1 heterocycles. The second-order valence-corrected chi connectivity index (χ2v) is 9.10. The molecule has 0 aromatic carbocycles. The molecular formula is C22H38N2O2. The first-order valence-electron chi connectivity index (χ1n) is 10.9. The van der Waals surface area contributed by atoms with Gasteiger partial charge < -0.3 is 9.64 Å². The molecule has 0 aromatic rings. The molecule has 0 radical (unpaired) electrons. The quantitative estimate of drug-likeness (QED) is 0.671. The van der Waals surface area contributed by atoms with Crippen molar-refractivity contribution >= 4 is 6.09 Å². The Kier molecular flexibility index (Phi) is 6.52. The molecule has 0 bridgehead atoms. The zero-order chi connectivity index (χ0) is 18.7. The average molecular weight is 363 g/mol. The lowest BCUT2D eigenvalue weighted by molar-refractivity contribution is -0.00494. The van der Waals surface area contributed by atoms with Crippen molar-refractivity contribution in [3.63, 3.8) is 0 Å². The van der Waals surface area contributed by atoms with Gasteiger partial charge in [0.1, 0.15) is 6.10 Å². The van der Waals surface area contributed by atoms with E-state index < -0.39 is 0 Å². The van der Waals surface area contributed by atoms with Crippen molar-refractivity contribution in [3.8, 4) is 0 Å². The Morgan fingerprint density at radius 2 is 1.81 bits per heavy atom. The highest BCUT2D eigenvalue weighted by molar-refractivity contribution is 5.70. The standard InChI is InChI=1S/C22H38N2O2/c1-16(2)18-12-11-17(3)15-21(18)26-22(25)23(4)19-9-5-6-10-20(19)24-13-7-8-14-24/h16-18,21H,5-15H2,1-4H3. The summed E-state index contributed by atoms with van der Waals surface area (Å²) in [5.74, 6) is 1.73. The third-order valence-corrected chi connectivity index (χ3v) is 6.79. The van der Waals surface area contributed by atoms with Crippen LogP contribution in [0.1, 0.15) is 78.6 Å². The second kappa shape index (κ2) is 8.67. The van der Waals surface area contributed by atoms with E-state index >= 15 is 0 Å². The van der Waals surface area contributed by atoms with Gasteiger partial charge in [-0.25, -0.2) is 4.79 Å². The van der Waals surface area contributed by atoms with Gasteiger partial charge in [-0.1, -0.05) is 27.2 Å². The van der Waals surface area contributed by atoms with Crippen LogP contribution in [-0.4, -0.2) is 42.1 Å². The Hall–Kier alpha value is -1.19. The number of likely N-dealkylation sites (tertiary alicyclic amines) is 1. The number of nitrogens with zero attached hydrogens (tertiary/aromatic N) is 2. The van der Waals surface area contributed by atoms with Gasteiger partial charge in [0, 0.05) is 31.5 Å². The van der Waals surface area contributed by atoms with Gasteiger partial charge in [-0.3, -0.25) is 4.90 Å². The van der Waals surface area contributed by atoms with Crippen molar-refractivity contribution in [1.29, 1.82) is 0 Å². The predicted octanol–water partition coefficient (Wildman–Crippen LogP) is 5.40. The number of carbonyl (C=O) groups is 1. The first-order valence-corrected chi connectivity index (χ1v) is 10.9. The number of hydrogen-bond donors (Lipinski definition) is 0. The minimum atomic E-state index is -0.136. The number of carbonyl (C=O) groups excluding carboxylic acids is 1. The third kappa shape index (κ3) is 4.37. The lowest BCUT2D eigenvalue weighted by atomic mass is 9.75. The van der Waals surface area contributed by atoms with Gasteiger partial charge in [0.25, 0.3) is 0 Å². The molecule has 4 nitrogen and oxygen atoms in total. The highest BCUT2D eigenvalue weighted by Crippen LogP contribution is 2.36. The van der Waals surface area contributed by atoms with Gasteiger partial charge in [0.2, 0.25) is 0 Å². The van der Waals surface area contributed by atoms with Crippen molar-refractivity contribution in [2.45, 2.75) is 84.7 Å². The maximum atomic E-state index is 13.0. The molecule has 1 saturated heterocycles. The van der Waals surface area contributed by atoms with E-state index in [1.54, 1.807) is 0 Å². The van der Waals surface area contributed by atoms with Gasteiger partial charge in [0.05, 0.1) is 0 Å². The van der Waals surface area contributed by atoms with Gasteiger partial charge in [-0.15, -0.1) is 0 Å². The SMILES string of the molecule is CC1CCC(C(C)C)C(OC(=O)N(C)C2=C(N3CCCC3)CCCC2)C1. The van der Waals surface area contributed by atoms with Crippen LogP contribution in [0.2, 0.25) is 0 Å². The van der Waals surface area contributed by atoms with Crippen molar-refractivity contribution in [1.82, 2.24) is 9.80 Å². The van der Waals surface area contributed by atoms with E-state index in [0.717, 1.165) is 32.4 Å². The van der Waals surface area contributed by atoms with Crippen molar-refractivity contribution in [2.24, 2.45) is 17.8 Å². The van der Waals surface area contributed by atoms with Crippen molar-refractivity contribution in [2.75, 3.05) is 20.1 Å². The number of ether oxygens (including phenoxy) is 1. The third-order valence-electron chi connectivity index (χ3n) is 6.79. The van der Waals surface area contributed by atoms with Gasteiger partial charge in [-0.2, -0.15) is 0 Å². The topological polar surface area (TPSA) is 32.8 Å². The first-order chi connectivity index (χ1) is 12.5. The summed E-state index contributed by atoms with van der Waals surface area (Å²) in [5, 5.41) is 0. The molecule has 0 aromatic heterocycles. The van der Waals surface area contributed by atoms with Gasteiger partial charge in [0.15, 0.2) is 0 Å². The largest absolute Gasteiger partial charge is 0.446 e. The summed E-state index contributed by atoms with van der Waals surface area (Å²) in [7, 11) is 1.93. The molecule has 3 rings (SSSR count). The number of rotatable bonds is 4. The van der Waals surface area contributed by atoms with Crippen LogP contribution in [0.15, 0.2) is 11.4 Å². The Morgan fingerprint density at radius 3 is 2.50 bits per heavy atom. The maximum Gasteiger partial charge on any atom is 0.414 e. The molecule has 1 amide bonds. The highest BCUT2D eigenvalue weighted by atomic mass is 16.6. The first kappa shape index (κ1) is 19.6. The predicted molar refractivity (Wildman–Crippen MR) is 106 cm³/mol. The summed E-state index contributed by atoms with van der Waals surface area (Å²) in [6.07, 6.45) is 10.5. The fourth-order valence-corrected chi connectivity index (χ4v) is 5.13. The summed E-state index contributed by atoms with van der Waals surface area (Å²) in [6.45, 7) is 9.12. The van der Waals surface area contributed by atoms with Gasteiger partial charge >= 0.3 is 6.09 Å². The Morgan fingerprint density at radius 1 is 1.12 bits per heavy atom. The molecule has 3 atom stereocenters. The Bertz CT molecular complexity index is 522. The molecule has 1 aliphatic heterocycles. The molecule has 4 heteroatoms. The van der Waals surface area contributed by atoms with E-state index in [9.17, 15) is 4.79 Å². The van der Waals surface area contributed by atoms with Crippen molar-refractivity contribution < 1.29 is 9.53 Å². The summed E-state index contributed by atoms with van der Waals surface area (Å²) >= 11 is 0. The van der Waals surface area contributed by atoms with Crippen LogP contribution < -0.4 is 0 Å². The smallest absolute Gasteiger partial charge is 0.414 e. The fraction of sp³-hybridized carbons (Fsp3) is 0.864. The Labute approximate surface area is 159 Å². The summed E-state index contributed by atoms with van der Waals surface area (Å²) in [6, 6.07) is 0. The molecule has 1 saturated carbocycles. The van der Waals surface area contributed by atoms with Crippen LogP contribution in [0.5, 0.6) is 0 Å². The normalized spacial score (nSPS) is 30.0. The number of allylic oxidation sites excluding steroid dienone is 2. The van der Waals surface area contributed by atoms with Crippen LogP contribution in [0.25, 0.3) is 0 Å². The van der Waals surface area contributed by atoms with Crippen LogP contribution in [0, 0.1) is 17.8 Å². The molecule has 26 heavy (non-hydrogen) atoms. The molecule has 148 valence electrons. The second-order valence-electron chi connectivity index (χ2n) is 9.10. The zero-order valence-electron chi connectivity index (χ0n) is 17.3. The van der Waals surface area contributed by atoms with E-state index in [1.807, 2.05) is 11.9 Å². The monoisotopic (exact) mass is 362 g/mol. The molecule has 0 spiro atoms. The molecule has 0 N–H and O–H groups in total. The fourth-order valence-electron chi connectivity index (χ4n) is 5.13. The molecule has 3 unspecified atom stereocenters.